The molecule has 0 unspecified atom stereocenters. The maximum Gasteiger partial charge on any atom is 0.191 e. The average Bonchev–Trinajstić information content (AvgIpc) is 3.01. The van der Waals surface area contributed by atoms with Crippen molar-refractivity contribution in [1.82, 2.24) is 10.6 Å². The van der Waals surface area contributed by atoms with E-state index in [0.29, 0.717) is 6.54 Å². The van der Waals surface area contributed by atoms with Crippen LogP contribution in [0.25, 0.3) is 0 Å². The van der Waals surface area contributed by atoms with Crippen LogP contribution in [0.1, 0.15) is 26.0 Å². The second-order valence-electron chi connectivity index (χ2n) is 6.00. The summed E-state index contributed by atoms with van der Waals surface area (Å²) in [7, 11) is 1.73. The largest absolute Gasteiger partial charge is 0.469 e. The molecule has 1 aromatic rings. The number of methoxy groups -OCH3 is 1. The lowest BCUT2D eigenvalue weighted by molar-refractivity contribution is 0.155. The predicted molar refractivity (Wildman–Crippen MR) is 91.2 cm³/mol. The lowest BCUT2D eigenvalue weighted by atomic mass is 9.90. The molecule has 0 spiro atoms. The Balaban J connectivity index is 2.46. The third-order valence-corrected chi connectivity index (χ3v) is 3.31. The molecule has 22 heavy (non-hydrogen) atoms. The number of rotatable bonds is 10. The smallest absolute Gasteiger partial charge is 0.191 e. The number of hydrogen-bond donors (Lipinski definition) is 2. The normalized spacial score (nSPS) is 12.2. The minimum atomic E-state index is 0.111. The van der Waals surface area contributed by atoms with Gasteiger partial charge in [-0.15, -0.1) is 6.58 Å². The summed E-state index contributed by atoms with van der Waals surface area (Å²) < 4.78 is 10.5. The summed E-state index contributed by atoms with van der Waals surface area (Å²) in [4.78, 5) is 4.67. The van der Waals surface area contributed by atoms with Crippen molar-refractivity contribution in [1.29, 1.82) is 0 Å². The molecule has 0 saturated carbocycles. The van der Waals surface area contributed by atoms with E-state index in [1.807, 2.05) is 18.2 Å². The van der Waals surface area contributed by atoms with Gasteiger partial charge in [0.2, 0.25) is 0 Å². The lowest BCUT2D eigenvalue weighted by Crippen LogP contribution is -2.39. The zero-order valence-electron chi connectivity index (χ0n) is 14.0. The lowest BCUT2D eigenvalue weighted by Gasteiger charge is -2.22. The summed E-state index contributed by atoms with van der Waals surface area (Å²) >= 11 is 0. The molecular weight excluding hydrogens is 278 g/mol. The molecule has 1 aromatic heterocycles. The highest BCUT2D eigenvalue weighted by molar-refractivity contribution is 5.79. The van der Waals surface area contributed by atoms with Gasteiger partial charge in [0.1, 0.15) is 5.76 Å². The van der Waals surface area contributed by atoms with Gasteiger partial charge in [-0.1, -0.05) is 19.9 Å². The van der Waals surface area contributed by atoms with Crippen LogP contribution >= 0.6 is 0 Å². The van der Waals surface area contributed by atoms with Crippen molar-refractivity contribution in [3.05, 3.63) is 36.8 Å². The Morgan fingerprint density at radius 2 is 2.27 bits per heavy atom. The number of furan rings is 1. The van der Waals surface area contributed by atoms with E-state index < -0.39 is 0 Å². The molecule has 0 aromatic carbocycles. The molecule has 1 heterocycles. The number of aliphatic imine (C=N–C) groups is 1. The Morgan fingerprint density at radius 3 is 2.91 bits per heavy atom. The summed E-state index contributed by atoms with van der Waals surface area (Å²) in [5, 5.41) is 6.56. The van der Waals surface area contributed by atoms with E-state index in [0.717, 1.165) is 44.3 Å². The van der Waals surface area contributed by atoms with Crippen molar-refractivity contribution in [3.63, 3.8) is 0 Å². The van der Waals surface area contributed by atoms with Gasteiger partial charge in [0, 0.05) is 39.8 Å². The molecule has 0 radical (unpaired) electrons. The van der Waals surface area contributed by atoms with Gasteiger partial charge in [-0.2, -0.15) is 0 Å². The second kappa shape index (κ2) is 10.1. The number of nitrogens with zero attached hydrogens (tertiary/aromatic N) is 1. The van der Waals surface area contributed by atoms with Crippen LogP contribution in [0.2, 0.25) is 0 Å². The van der Waals surface area contributed by atoms with Gasteiger partial charge in [-0.25, -0.2) is 0 Å². The number of ether oxygens (including phenoxy) is 1. The molecule has 0 aliphatic carbocycles. The van der Waals surface area contributed by atoms with E-state index in [9.17, 15) is 0 Å². The zero-order valence-corrected chi connectivity index (χ0v) is 14.0. The molecule has 5 nitrogen and oxygen atoms in total. The van der Waals surface area contributed by atoms with Crippen LogP contribution in [0.5, 0.6) is 0 Å². The molecule has 0 aliphatic rings. The quantitative estimate of drug-likeness (QED) is 0.396. The van der Waals surface area contributed by atoms with Crippen LogP contribution in [0.3, 0.4) is 0 Å². The highest BCUT2D eigenvalue weighted by atomic mass is 16.5. The van der Waals surface area contributed by atoms with Gasteiger partial charge in [0.25, 0.3) is 0 Å². The second-order valence-corrected chi connectivity index (χ2v) is 6.00. The van der Waals surface area contributed by atoms with Gasteiger partial charge in [0.15, 0.2) is 5.96 Å². The first-order chi connectivity index (χ1) is 10.6. The van der Waals surface area contributed by atoms with Crippen molar-refractivity contribution < 1.29 is 9.15 Å². The highest BCUT2D eigenvalue weighted by Gasteiger charge is 2.17. The van der Waals surface area contributed by atoms with E-state index in [-0.39, 0.29) is 5.41 Å². The molecule has 2 N–H and O–H groups in total. The molecule has 124 valence electrons. The Kier molecular flexibility index (Phi) is 8.36. The first-order valence-electron chi connectivity index (χ1n) is 7.72. The predicted octanol–water partition coefficient (Wildman–Crippen LogP) is 2.61. The molecule has 0 amide bonds. The number of nitrogens with one attached hydrogen (secondary N) is 2. The van der Waals surface area contributed by atoms with Gasteiger partial charge in [0.05, 0.1) is 6.26 Å². The van der Waals surface area contributed by atoms with E-state index in [4.69, 9.17) is 9.15 Å². The van der Waals surface area contributed by atoms with Crippen molar-refractivity contribution in [2.24, 2.45) is 10.4 Å². The third-order valence-electron chi connectivity index (χ3n) is 3.31. The van der Waals surface area contributed by atoms with E-state index >= 15 is 0 Å². The van der Waals surface area contributed by atoms with Gasteiger partial charge in [-0.3, -0.25) is 4.99 Å². The summed E-state index contributed by atoms with van der Waals surface area (Å²) in [6.45, 7) is 11.1. The van der Waals surface area contributed by atoms with Crippen LogP contribution in [0.4, 0.5) is 0 Å². The summed E-state index contributed by atoms with van der Waals surface area (Å²) in [5.74, 6) is 1.77. The van der Waals surface area contributed by atoms with Crippen molar-refractivity contribution in [3.8, 4) is 0 Å². The van der Waals surface area contributed by atoms with Gasteiger partial charge < -0.3 is 19.8 Å². The van der Waals surface area contributed by atoms with Gasteiger partial charge in [-0.05, 0) is 24.0 Å². The fraction of sp³-hybridized carbons (Fsp3) is 0.588. The molecular formula is C17H29N3O2. The van der Waals surface area contributed by atoms with Crippen molar-refractivity contribution >= 4 is 5.96 Å². The Bertz CT molecular complexity index is 439. The fourth-order valence-electron chi connectivity index (χ4n) is 1.85. The Morgan fingerprint density at radius 1 is 1.45 bits per heavy atom. The molecule has 0 saturated heterocycles. The van der Waals surface area contributed by atoms with E-state index in [1.54, 1.807) is 13.4 Å². The van der Waals surface area contributed by atoms with Crippen molar-refractivity contribution in [2.75, 3.05) is 33.4 Å². The first-order valence-corrected chi connectivity index (χ1v) is 7.72. The number of hydrogen-bond acceptors (Lipinski definition) is 3. The topological polar surface area (TPSA) is 58.8 Å². The molecule has 0 aliphatic heterocycles. The van der Waals surface area contributed by atoms with Crippen LogP contribution in [-0.4, -0.2) is 39.3 Å². The van der Waals surface area contributed by atoms with Crippen LogP contribution in [-0.2, 0) is 11.2 Å². The monoisotopic (exact) mass is 307 g/mol. The first kappa shape index (κ1) is 18.3. The zero-order chi connectivity index (χ0) is 16.3. The number of guanidine groups is 1. The van der Waals surface area contributed by atoms with E-state index in [2.05, 4.69) is 36.1 Å². The minimum absolute atomic E-state index is 0.111. The molecule has 0 bridgehead atoms. The third kappa shape index (κ3) is 7.88. The molecule has 1 rings (SSSR count). The standard InChI is InChI=1S/C17H29N3O2/c1-5-10-18-16(19-11-8-15-7-6-12-22-15)20-14-17(2,3)9-13-21-4/h5-7,12H,1,8-11,13-14H2,2-4H3,(H2,18,19,20). The fourth-order valence-corrected chi connectivity index (χ4v) is 1.85. The minimum Gasteiger partial charge on any atom is -0.469 e. The summed E-state index contributed by atoms with van der Waals surface area (Å²) in [5.41, 5.74) is 0.111. The highest BCUT2D eigenvalue weighted by Crippen LogP contribution is 2.20. The molecule has 0 atom stereocenters. The molecule has 0 fully saturated rings. The van der Waals surface area contributed by atoms with Crippen LogP contribution < -0.4 is 10.6 Å². The summed E-state index contributed by atoms with van der Waals surface area (Å²) in [6, 6.07) is 3.88. The van der Waals surface area contributed by atoms with Crippen LogP contribution in [0, 0.1) is 5.41 Å². The summed E-state index contributed by atoms with van der Waals surface area (Å²) in [6.07, 6.45) is 5.32. The average molecular weight is 307 g/mol. The van der Waals surface area contributed by atoms with Crippen LogP contribution in [0.15, 0.2) is 40.5 Å². The maximum atomic E-state index is 5.32. The Hall–Kier alpha value is -1.75. The van der Waals surface area contributed by atoms with E-state index in [1.165, 1.54) is 0 Å². The van der Waals surface area contributed by atoms with Gasteiger partial charge >= 0.3 is 0 Å². The SMILES string of the molecule is C=CCNC(=NCC(C)(C)CCOC)NCCc1ccco1. The maximum absolute atomic E-state index is 5.32. The molecule has 5 heteroatoms. The Labute approximate surface area is 133 Å². The van der Waals surface area contributed by atoms with Crippen molar-refractivity contribution in [2.45, 2.75) is 26.7 Å².